The van der Waals surface area contributed by atoms with Crippen LogP contribution in [0.3, 0.4) is 0 Å². The van der Waals surface area contributed by atoms with E-state index in [0.29, 0.717) is 5.69 Å². The Morgan fingerprint density at radius 1 is 1.64 bits per heavy atom. The standard InChI is InChI=1S/C10H8N2O2/c1-7-3-4-8(12-6-7)5-9(11-2)10(13)14/h3-6H,1H3,(H,13,14)/b9-5-. The zero-order chi connectivity index (χ0) is 10.6. The summed E-state index contributed by atoms with van der Waals surface area (Å²) in [5.41, 5.74) is 1.13. The normalized spacial score (nSPS) is 10.7. The quantitative estimate of drug-likeness (QED) is 0.568. The van der Waals surface area contributed by atoms with Gasteiger partial charge in [0.15, 0.2) is 0 Å². The Bertz CT molecular complexity index is 413. The second-order valence-electron chi connectivity index (χ2n) is 2.71. The van der Waals surface area contributed by atoms with Gasteiger partial charge in [-0.05, 0) is 24.6 Å². The highest BCUT2D eigenvalue weighted by Crippen LogP contribution is 2.06. The van der Waals surface area contributed by atoms with Gasteiger partial charge in [0, 0.05) is 6.20 Å². The van der Waals surface area contributed by atoms with Crippen molar-refractivity contribution in [1.29, 1.82) is 0 Å². The zero-order valence-electron chi connectivity index (χ0n) is 7.56. The maximum atomic E-state index is 10.5. The molecule has 4 heteroatoms. The molecule has 0 radical (unpaired) electrons. The molecule has 0 unspecified atom stereocenters. The summed E-state index contributed by atoms with van der Waals surface area (Å²) in [5, 5.41) is 8.58. The highest BCUT2D eigenvalue weighted by atomic mass is 16.4. The third-order valence-electron chi connectivity index (χ3n) is 1.56. The Morgan fingerprint density at radius 2 is 2.36 bits per heavy atom. The lowest BCUT2D eigenvalue weighted by Crippen LogP contribution is -1.96. The fourth-order valence-electron chi connectivity index (χ4n) is 0.847. The summed E-state index contributed by atoms with van der Waals surface area (Å²) in [6.45, 7) is 8.51. The van der Waals surface area contributed by atoms with Crippen molar-refractivity contribution in [2.24, 2.45) is 0 Å². The van der Waals surface area contributed by atoms with E-state index in [1.165, 1.54) is 6.08 Å². The van der Waals surface area contributed by atoms with Crippen molar-refractivity contribution in [1.82, 2.24) is 4.98 Å². The van der Waals surface area contributed by atoms with Gasteiger partial charge < -0.3 is 5.11 Å². The molecule has 70 valence electrons. The summed E-state index contributed by atoms with van der Waals surface area (Å²) in [6, 6.07) is 3.48. The van der Waals surface area contributed by atoms with Crippen molar-refractivity contribution >= 4 is 12.0 Å². The molecule has 1 aromatic rings. The van der Waals surface area contributed by atoms with Crippen molar-refractivity contribution in [3.63, 3.8) is 0 Å². The number of hydrogen-bond donors (Lipinski definition) is 1. The van der Waals surface area contributed by atoms with Crippen LogP contribution < -0.4 is 0 Å². The molecular weight excluding hydrogens is 180 g/mol. The molecule has 0 aliphatic rings. The second kappa shape index (κ2) is 4.19. The third kappa shape index (κ3) is 2.42. The molecular formula is C10H8N2O2. The minimum atomic E-state index is -1.23. The number of pyridine rings is 1. The highest BCUT2D eigenvalue weighted by molar-refractivity contribution is 5.93. The third-order valence-corrected chi connectivity index (χ3v) is 1.56. The summed E-state index contributed by atoms with van der Waals surface area (Å²) in [4.78, 5) is 17.3. The molecule has 14 heavy (non-hydrogen) atoms. The maximum Gasteiger partial charge on any atom is 0.333 e. The molecule has 4 nitrogen and oxygen atoms in total. The van der Waals surface area contributed by atoms with Crippen LogP contribution >= 0.6 is 0 Å². The van der Waals surface area contributed by atoms with Crippen molar-refractivity contribution in [2.75, 3.05) is 0 Å². The number of carboxylic acid groups (broad SMARTS) is 1. The Kier molecular flexibility index (Phi) is 2.97. The van der Waals surface area contributed by atoms with Gasteiger partial charge in [-0.3, -0.25) is 9.78 Å². The smallest absolute Gasteiger partial charge is 0.333 e. The lowest BCUT2D eigenvalue weighted by atomic mass is 10.2. The van der Waals surface area contributed by atoms with E-state index in [0.717, 1.165) is 5.56 Å². The van der Waals surface area contributed by atoms with Crippen molar-refractivity contribution in [3.8, 4) is 0 Å². The van der Waals surface area contributed by atoms with E-state index >= 15 is 0 Å². The van der Waals surface area contributed by atoms with E-state index in [1.807, 2.05) is 13.0 Å². The molecule has 0 saturated carbocycles. The average molecular weight is 188 g/mol. The molecule has 0 aromatic carbocycles. The number of aryl methyl sites for hydroxylation is 1. The number of aromatic nitrogens is 1. The molecule has 0 spiro atoms. The summed E-state index contributed by atoms with van der Waals surface area (Å²) in [5.74, 6) is -1.23. The van der Waals surface area contributed by atoms with Gasteiger partial charge in [-0.25, -0.2) is 4.85 Å². The van der Waals surface area contributed by atoms with Crippen LogP contribution in [0.1, 0.15) is 11.3 Å². The first-order chi connectivity index (χ1) is 6.63. The topological polar surface area (TPSA) is 54.5 Å². The lowest BCUT2D eigenvalue weighted by Gasteiger charge is -1.94. The fourth-order valence-corrected chi connectivity index (χ4v) is 0.847. The van der Waals surface area contributed by atoms with Crippen LogP contribution in [-0.4, -0.2) is 16.1 Å². The maximum absolute atomic E-state index is 10.5. The number of hydrogen-bond acceptors (Lipinski definition) is 2. The predicted octanol–water partition coefficient (Wildman–Crippen LogP) is 1.73. The number of carboxylic acids is 1. The minimum absolute atomic E-state index is 0.332. The van der Waals surface area contributed by atoms with Crippen LogP contribution in [0.15, 0.2) is 24.0 Å². The van der Waals surface area contributed by atoms with E-state index < -0.39 is 5.97 Å². The van der Waals surface area contributed by atoms with Crippen molar-refractivity contribution in [3.05, 3.63) is 46.7 Å². The van der Waals surface area contributed by atoms with Crippen LogP contribution in [-0.2, 0) is 4.79 Å². The Balaban J connectivity index is 3.03. The first-order valence-electron chi connectivity index (χ1n) is 3.88. The Labute approximate surface area is 81.3 Å². The summed E-state index contributed by atoms with van der Waals surface area (Å²) < 4.78 is 0. The fraction of sp³-hybridized carbons (Fsp3) is 0.100. The van der Waals surface area contributed by atoms with Gasteiger partial charge in [0.25, 0.3) is 5.70 Å². The van der Waals surface area contributed by atoms with Gasteiger partial charge in [0.2, 0.25) is 0 Å². The van der Waals surface area contributed by atoms with Gasteiger partial charge in [-0.1, -0.05) is 6.07 Å². The number of nitrogens with zero attached hydrogens (tertiary/aromatic N) is 2. The largest absolute Gasteiger partial charge is 0.486 e. The van der Waals surface area contributed by atoms with Crippen LogP contribution in [0.4, 0.5) is 0 Å². The first kappa shape index (κ1) is 9.93. The van der Waals surface area contributed by atoms with Gasteiger partial charge in [-0.2, -0.15) is 0 Å². The first-order valence-corrected chi connectivity index (χ1v) is 3.88. The predicted molar refractivity (Wildman–Crippen MR) is 51.2 cm³/mol. The van der Waals surface area contributed by atoms with Crippen molar-refractivity contribution in [2.45, 2.75) is 6.92 Å². The molecule has 1 N–H and O–H groups in total. The number of carbonyl (C=O) groups is 1. The molecule has 0 aliphatic carbocycles. The van der Waals surface area contributed by atoms with Crippen molar-refractivity contribution < 1.29 is 9.90 Å². The molecule has 0 bridgehead atoms. The lowest BCUT2D eigenvalue weighted by molar-refractivity contribution is -0.132. The van der Waals surface area contributed by atoms with E-state index in [9.17, 15) is 4.79 Å². The Hall–Kier alpha value is -2.15. The summed E-state index contributed by atoms with van der Waals surface area (Å²) >= 11 is 0. The average Bonchev–Trinajstić information content (AvgIpc) is 2.16. The van der Waals surface area contributed by atoms with Gasteiger partial charge in [-0.15, -0.1) is 0 Å². The van der Waals surface area contributed by atoms with E-state index in [1.54, 1.807) is 12.3 Å². The molecule has 1 rings (SSSR count). The molecule has 0 atom stereocenters. The molecule has 1 aromatic heterocycles. The SMILES string of the molecule is [C-]#[N+]/C(=C\c1ccc(C)cn1)C(=O)O. The Morgan fingerprint density at radius 3 is 2.79 bits per heavy atom. The van der Waals surface area contributed by atoms with E-state index in [-0.39, 0.29) is 5.70 Å². The van der Waals surface area contributed by atoms with Gasteiger partial charge in [0.05, 0.1) is 12.3 Å². The molecule has 0 saturated heterocycles. The molecule has 0 amide bonds. The van der Waals surface area contributed by atoms with Crippen LogP contribution in [0.2, 0.25) is 0 Å². The highest BCUT2D eigenvalue weighted by Gasteiger charge is 2.06. The molecule has 0 aliphatic heterocycles. The van der Waals surface area contributed by atoms with Gasteiger partial charge in [0.1, 0.15) is 0 Å². The van der Waals surface area contributed by atoms with E-state index in [2.05, 4.69) is 9.83 Å². The molecule has 1 heterocycles. The van der Waals surface area contributed by atoms with Gasteiger partial charge >= 0.3 is 5.97 Å². The van der Waals surface area contributed by atoms with Crippen LogP contribution in [0.25, 0.3) is 10.9 Å². The summed E-state index contributed by atoms with van der Waals surface area (Å²) in [7, 11) is 0. The monoisotopic (exact) mass is 188 g/mol. The number of rotatable bonds is 2. The second-order valence-corrected chi connectivity index (χ2v) is 2.71. The van der Waals surface area contributed by atoms with Crippen LogP contribution in [0, 0.1) is 13.5 Å². The van der Waals surface area contributed by atoms with Crippen LogP contribution in [0.5, 0.6) is 0 Å². The number of aliphatic carboxylic acids is 1. The van der Waals surface area contributed by atoms with E-state index in [4.69, 9.17) is 11.7 Å². The zero-order valence-corrected chi connectivity index (χ0v) is 7.56. The summed E-state index contributed by atoms with van der Waals surface area (Å²) in [6.07, 6.45) is 2.87. The minimum Gasteiger partial charge on any atom is -0.486 e. The molecule has 0 fully saturated rings.